The number of amides is 1. The molecular formula is C19H28N2O2S. The van der Waals surface area contributed by atoms with Crippen LogP contribution >= 0.6 is 11.8 Å². The van der Waals surface area contributed by atoms with Crippen LogP contribution in [0.2, 0.25) is 0 Å². The maximum absolute atomic E-state index is 12.9. The molecule has 0 spiro atoms. The van der Waals surface area contributed by atoms with Crippen molar-refractivity contribution in [2.24, 2.45) is 11.8 Å². The van der Waals surface area contributed by atoms with Gasteiger partial charge >= 0.3 is 0 Å². The Hall–Kier alpha value is -1.07. The number of carbonyl (C=O) groups is 1. The highest BCUT2D eigenvalue weighted by atomic mass is 32.2. The standard InChI is InChI=1S/C19H28N2O2S/c1-14(22)16-9-11-21(12-16)19(23)17-8-5-10-20-18(17)24-13-15-6-3-2-4-7-15/h5,8,10,14-16,22H,2-4,6-7,9,11-13H2,1H3. The maximum Gasteiger partial charge on any atom is 0.256 e. The van der Waals surface area contributed by atoms with Gasteiger partial charge in [-0.05, 0) is 44.2 Å². The molecule has 2 unspecified atom stereocenters. The summed E-state index contributed by atoms with van der Waals surface area (Å²) < 4.78 is 0. The van der Waals surface area contributed by atoms with Crippen LogP contribution in [0.4, 0.5) is 0 Å². The molecule has 2 aliphatic rings. The van der Waals surface area contributed by atoms with Gasteiger partial charge < -0.3 is 10.0 Å². The minimum absolute atomic E-state index is 0.0670. The van der Waals surface area contributed by atoms with Crippen molar-refractivity contribution in [3.63, 3.8) is 0 Å². The summed E-state index contributed by atoms with van der Waals surface area (Å²) >= 11 is 1.74. The smallest absolute Gasteiger partial charge is 0.256 e. The summed E-state index contributed by atoms with van der Waals surface area (Å²) in [6, 6.07) is 3.74. The van der Waals surface area contributed by atoms with Gasteiger partial charge in [0.05, 0.1) is 11.7 Å². The second-order valence-electron chi connectivity index (χ2n) is 7.21. The molecule has 3 rings (SSSR count). The second kappa shape index (κ2) is 8.34. The fourth-order valence-corrected chi connectivity index (χ4v) is 4.93. The van der Waals surface area contributed by atoms with Gasteiger partial charge in [0.25, 0.3) is 5.91 Å². The Labute approximate surface area is 149 Å². The average molecular weight is 349 g/mol. The van der Waals surface area contributed by atoms with Gasteiger partial charge in [-0.3, -0.25) is 4.79 Å². The first-order valence-corrected chi connectivity index (χ1v) is 10.2. The SMILES string of the molecule is CC(O)C1CCN(C(=O)c2cccnc2SCC2CCCCC2)C1. The lowest BCUT2D eigenvalue weighted by molar-refractivity contribution is 0.0758. The Morgan fingerprint density at radius 1 is 1.38 bits per heavy atom. The first kappa shape index (κ1) is 17.7. The molecule has 1 aromatic rings. The molecule has 5 heteroatoms. The van der Waals surface area contributed by atoms with Crippen LogP contribution in [0, 0.1) is 11.8 Å². The van der Waals surface area contributed by atoms with Crippen LogP contribution in [0.1, 0.15) is 55.8 Å². The van der Waals surface area contributed by atoms with E-state index in [4.69, 9.17) is 0 Å². The zero-order valence-corrected chi connectivity index (χ0v) is 15.3. The highest BCUT2D eigenvalue weighted by Gasteiger charge is 2.30. The normalized spacial score (nSPS) is 23.4. The number of aliphatic hydroxyl groups excluding tert-OH is 1. The van der Waals surface area contributed by atoms with E-state index in [1.165, 1.54) is 32.1 Å². The molecule has 0 radical (unpaired) electrons. The van der Waals surface area contributed by atoms with Gasteiger partial charge in [0.15, 0.2) is 0 Å². The molecule has 24 heavy (non-hydrogen) atoms. The topological polar surface area (TPSA) is 53.4 Å². The van der Waals surface area contributed by atoms with Crippen LogP contribution < -0.4 is 0 Å². The van der Waals surface area contributed by atoms with Crippen molar-refractivity contribution in [1.29, 1.82) is 0 Å². The Kier molecular flexibility index (Phi) is 6.17. The number of rotatable bonds is 5. The molecule has 1 aliphatic carbocycles. The van der Waals surface area contributed by atoms with Crippen LogP contribution in [-0.4, -0.2) is 45.8 Å². The number of thioether (sulfide) groups is 1. The summed E-state index contributed by atoms with van der Waals surface area (Å²) in [6.45, 7) is 3.20. The zero-order valence-electron chi connectivity index (χ0n) is 14.5. The van der Waals surface area contributed by atoms with E-state index in [1.807, 2.05) is 24.0 Å². The molecule has 1 N–H and O–H groups in total. The average Bonchev–Trinajstić information content (AvgIpc) is 3.11. The largest absolute Gasteiger partial charge is 0.393 e. The number of nitrogens with zero attached hydrogens (tertiary/aromatic N) is 2. The zero-order chi connectivity index (χ0) is 16.9. The van der Waals surface area contributed by atoms with Crippen LogP contribution in [0.15, 0.2) is 23.4 Å². The summed E-state index contributed by atoms with van der Waals surface area (Å²) in [5.74, 6) is 2.09. The van der Waals surface area contributed by atoms with Crippen molar-refractivity contribution in [3.05, 3.63) is 23.9 Å². The lowest BCUT2D eigenvalue weighted by Gasteiger charge is -2.22. The van der Waals surface area contributed by atoms with Crippen LogP contribution in [0.5, 0.6) is 0 Å². The van der Waals surface area contributed by atoms with Crippen molar-refractivity contribution in [2.45, 2.75) is 56.6 Å². The van der Waals surface area contributed by atoms with Gasteiger partial charge in [-0.25, -0.2) is 4.98 Å². The van der Waals surface area contributed by atoms with Crippen molar-refractivity contribution < 1.29 is 9.90 Å². The Balaban J connectivity index is 1.64. The van der Waals surface area contributed by atoms with E-state index in [-0.39, 0.29) is 17.9 Å². The van der Waals surface area contributed by atoms with Crippen molar-refractivity contribution in [1.82, 2.24) is 9.88 Å². The summed E-state index contributed by atoms with van der Waals surface area (Å²) in [6.07, 6.45) is 8.99. The molecule has 2 fully saturated rings. The molecule has 2 heterocycles. The van der Waals surface area contributed by atoms with Crippen LogP contribution in [0.3, 0.4) is 0 Å². The Bertz CT molecular complexity index is 558. The molecule has 1 aliphatic heterocycles. The fourth-order valence-electron chi connectivity index (χ4n) is 3.76. The van der Waals surface area contributed by atoms with E-state index >= 15 is 0 Å². The van der Waals surface area contributed by atoms with E-state index in [1.54, 1.807) is 18.0 Å². The maximum atomic E-state index is 12.9. The quantitative estimate of drug-likeness (QED) is 0.826. The molecule has 4 nitrogen and oxygen atoms in total. The van der Waals surface area contributed by atoms with Crippen LogP contribution in [-0.2, 0) is 0 Å². The number of carbonyl (C=O) groups excluding carboxylic acids is 1. The summed E-state index contributed by atoms with van der Waals surface area (Å²) in [7, 11) is 0. The van der Waals surface area contributed by atoms with Crippen molar-refractivity contribution >= 4 is 17.7 Å². The molecule has 2 atom stereocenters. The predicted octanol–water partition coefficient (Wildman–Crippen LogP) is 3.60. The summed E-state index contributed by atoms with van der Waals surface area (Å²) in [5.41, 5.74) is 0.726. The van der Waals surface area contributed by atoms with Gasteiger partial charge in [0.2, 0.25) is 0 Å². The molecule has 0 bridgehead atoms. The number of hydrogen-bond acceptors (Lipinski definition) is 4. The highest BCUT2D eigenvalue weighted by Crippen LogP contribution is 2.31. The van der Waals surface area contributed by atoms with E-state index < -0.39 is 0 Å². The van der Waals surface area contributed by atoms with E-state index in [0.717, 1.165) is 35.2 Å². The first-order valence-electron chi connectivity index (χ1n) is 9.20. The molecule has 0 aromatic carbocycles. The number of likely N-dealkylation sites (tertiary alicyclic amines) is 1. The van der Waals surface area contributed by atoms with Crippen LogP contribution in [0.25, 0.3) is 0 Å². The molecule has 1 amide bonds. The predicted molar refractivity (Wildman–Crippen MR) is 97.2 cm³/mol. The third kappa shape index (κ3) is 4.31. The molecule has 1 aromatic heterocycles. The number of aliphatic hydroxyl groups is 1. The Morgan fingerprint density at radius 3 is 2.88 bits per heavy atom. The molecule has 132 valence electrons. The molecular weight excluding hydrogens is 320 g/mol. The molecule has 1 saturated carbocycles. The first-order chi connectivity index (χ1) is 11.6. The van der Waals surface area contributed by atoms with Gasteiger partial charge in [0, 0.05) is 31.0 Å². The fraction of sp³-hybridized carbons (Fsp3) is 0.684. The minimum Gasteiger partial charge on any atom is -0.393 e. The van der Waals surface area contributed by atoms with Gasteiger partial charge in [-0.1, -0.05) is 19.3 Å². The van der Waals surface area contributed by atoms with E-state index in [0.29, 0.717) is 6.54 Å². The molecule has 1 saturated heterocycles. The third-order valence-corrected chi connectivity index (χ3v) is 6.61. The minimum atomic E-state index is -0.350. The van der Waals surface area contributed by atoms with E-state index in [2.05, 4.69) is 4.98 Å². The lowest BCUT2D eigenvalue weighted by Crippen LogP contribution is -2.31. The summed E-state index contributed by atoms with van der Waals surface area (Å²) in [5, 5.41) is 10.6. The number of pyridine rings is 1. The highest BCUT2D eigenvalue weighted by molar-refractivity contribution is 7.99. The number of aromatic nitrogens is 1. The van der Waals surface area contributed by atoms with Gasteiger partial charge in [0.1, 0.15) is 5.03 Å². The van der Waals surface area contributed by atoms with Crippen molar-refractivity contribution in [3.8, 4) is 0 Å². The third-order valence-electron chi connectivity index (χ3n) is 5.38. The second-order valence-corrected chi connectivity index (χ2v) is 8.22. The Morgan fingerprint density at radius 2 is 2.17 bits per heavy atom. The van der Waals surface area contributed by atoms with E-state index in [9.17, 15) is 9.90 Å². The van der Waals surface area contributed by atoms with Gasteiger partial charge in [-0.15, -0.1) is 11.8 Å². The lowest BCUT2D eigenvalue weighted by atomic mass is 9.91. The van der Waals surface area contributed by atoms with Gasteiger partial charge in [-0.2, -0.15) is 0 Å². The summed E-state index contributed by atoms with van der Waals surface area (Å²) in [4.78, 5) is 19.2. The van der Waals surface area contributed by atoms with Crippen molar-refractivity contribution in [2.75, 3.05) is 18.8 Å². The monoisotopic (exact) mass is 348 g/mol. The number of hydrogen-bond donors (Lipinski definition) is 1.